The van der Waals surface area contributed by atoms with Crippen LogP contribution in [0.3, 0.4) is 0 Å². The van der Waals surface area contributed by atoms with Crippen LogP contribution in [-0.2, 0) is 12.8 Å². The third-order valence-corrected chi connectivity index (χ3v) is 6.90. The SMILES string of the molecule is COc1ccc2c(N(C)CCc3ccccn3)noc2c1.COc1ccc2c(N(C)CCc3ccccn3)noc2c1.Cl.Cl.O. The van der Waals surface area contributed by atoms with Gasteiger partial charge >= 0.3 is 0 Å². The lowest BCUT2D eigenvalue weighted by Gasteiger charge is -2.15. The summed E-state index contributed by atoms with van der Waals surface area (Å²) in [4.78, 5) is 12.8. The van der Waals surface area contributed by atoms with Crippen molar-refractivity contribution in [3.05, 3.63) is 96.6 Å². The van der Waals surface area contributed by atoms with E-state index in [9.17, 15) is 0 Å². The fraction of sp³-hybridized carbons (Fsp3) is 0.250. The van der Waals surface area contributed by atoms with Gasteiger partial charge in [0.15, 0.2) is 22.8 Å². The molecule has 0 aliphatic heterocycles. The van der Waals surface area contributed by atoms with E-state index in [1.54, 1.807) is 14.2 Å². The number of nitrogens with zero attached hydrogens (tertiary/aromatic N) is 6. The van der Waals surface area contributed by atoms with E-state index in [-0.39, 0.29) is 30.3 Å². The van der Waals surface area contributed by atoms with Crippen LogP contribution >= 0.6 is 24.8 Å². The van der Waals surface area contributed by atoms with Crippen molar-refractivity contribution < 1.29 is 24.0 Å². The average molecular weight is 658 g/mol. The number of fused-ring (bicyclic) bond motifs is 2. The summed E-state index contributed by atoms with van der Waals surface area (Å²) in [5, 5.41) is 10.3. The van der Waals surface area contributed by atoms with Gasteiger partial charge in [0.2, 0.25) is 0 Å². The molecule has 0 saturated heterocycles. The zero-order chi connectivity index (χ0) is 29.3. The van der Waals surface area contributed by atoms with Crippen molar-refractivity contribution in [3.8, 4) is 11.5 Å². The first-order valence-electron chi connectivity index (χ1n) is 13.6. The van der Waals surface area contributed by atoms with Crippen molar-refractivity contribution in [2.75, 3.05) is 51.2 Å². The van der Waals surface area contributed by atoms with Crippen molar-refractivity contribution in [3.63, 3.8) is 0 Å². The Bertz CT molecular complexity index is 1590. The molecular weight excluding hydrogens is 619 g/mol. The Balaban J connectivity index is 0.000000294. The van der Waals surface area contributed by atoms with Gasteiger partial charge in [-0.3, -0.25) is 9.97 Å². The lowest BCUT2D eigenvalue weighted by molar-refractivity contribution is 0.411. The molecule has 13 heteroatoms. The van der Waals surface area contributed by atoms with Gasteiger partial charge in [-0.05, 0) is 48.5 Å². The van der Waals surface area contributed by atoms with Crippen LogP contribution in [0.2, 0.25) is 0 Å². The summed E-state index contributed by atoms with van der Waals surface area (Å²) >= 11 is 0. The molecule has 0 radical (unpaired) electrons. The van der Waals surface area contributed by atoms with Crippen LogP contribution < -0.4 is 19.3 Å². The van der Waals surface area contributed by atoms with E-state index in [1.807, 2.05) is 99.3 Å². The number of likely N-dealkylation sites (N-methyl/N-ethyl adjacent to an activating group) is 2. The van der Waals surface area contributed by atoms with Crippen molar-refractivity contribution >= 4 is 58.4 Å². The summed E-state index contributed by atoms with van der Waals surface area (Å²) in [5.74, 6) is 3.20. The molecule has 2 aromatic carbocycles. The average Bonchev–Trinajstić information content (AvgIpc) is 3.67. The molecule has 0 aliphatic carbocycles. The van der Waals surface area contributed by atoms with Gasteiger partial charge in [0, 0.05) is 75.9 Å². The number of hydrogen-bond donors (Lipinski definition) is 0. The summed E-state index contributed by atoms with van der Waals surface area (Å²) in [5.41, 5.74) is 3.60. The highest BCUT2D eigenvalue weighted by Crippen LogP contribution is 2.29. The number of halogens is 2. The van der Waals surface area contributed by atoms with Crippen LogP contribution in [-0.4, -0.2) is 67.2 Å². The van der Waals surface area contributed by atoms with Crippen molar-refractivity contribution in [1.29, 1.82) is 0 Å². The molecule has 0 aliphatic rings. The molecule has 240 valence electrons. The van der Waals surface area contributed by atoms with Crippen LogP contribution in [0.5, 0.6) is 11.5 Å². The first kappa shape index (κ1) is 36.6. The van der Waals surface area contributed by atoms with Gasteiger partial charge < -0.3 is 33.8 Å². The second-order valence-electron chi connectivity index (χ2n) is 9.72. The molecule has 4 aromatic heterocycles. The Kier molecular flexibility index (Phi) is 14.4. The van der Waals surface area contributed by atoms with E-state index >= 15 is 0 Å². The Morgan fingerprint density at radius 1 is 0.622 bits per heavy atom. The Hall–Kier alpha value is -4.58. The van der Waals surface area contributed by atoms with E-state index < -0.39 is 0 Å². The number of rotatable bonds is 10. The van der Waals surface area contributed by atoms with Crippen LogP contribution in [0.25, 0.3) is 21.9 Å². The molecule has 0 saturated carbocycles. The molecule has 11 nitrogen and oxygen atoms in total. The van der Waals surface area contributed by atoms with Crippen molar-refractivity contribution in [2.45, 2.75) is 12.8 Å². The summed E-state index contributed by atoms with van der Waals surface area (Å²) in [6, 6.07) is 23.4. The minimum absolute atomic E-state index is 0. The predicted octanol–water partition coefficient (Wildman–Crippen LogP) is 5.84. The van der Waals surface area contributed by atoms with Gasteiger partial charge in [-0.1, -0.05) is 22.4 Å². The molecule has 6 aromatic rings. The minimum Gasteiger partial charge on any atom is -0.497 e. The summed E-state index contributed by atoms with van der Waals surface area (Å²) in [7, 11) is 7.28. The highest BCUT2D eigenvalue weighted by Gasteiger charge is 2.14. The second-order valence-corrected chi connectivity index (χ2v) is 9.72. The van der Waals surface area contributed by atoms with Crippen LogP contribution in [0, 0.1) is 0 Å². The van der Waals surface area contributed by atoms with Gasteiger partial charge in [0.05, 0.1) is 25.0 Å². The zero-order valence-electron chi connectivity index (χ0n) is 25.5. The molecular formula is C32H38Cl2N6O5. The third-order valence-electron chi connectivity index (χ3n) is 6.90. The summed E-state index contributed by atoms with van der Waals surface area (Å²) < 4.78 is 21.1. The largest absolute Gasteiger partial charge is 0.497 e. The first-order chi connectivity index (χ1) is 20.6. The van der Waals surface area contributed by atoms with E-state index in [2.05, 4.69) is 30.1 Å². The number of benzene rings is 2. The fourth-order valence-corrected chi connectivity index (χ4v) is 4.48. The maximum Gasteiger partial charge on any atom is 0.179 e. The smallest absolute Gasteiger partial charge is 0.179 e. The molecule has 6 rings (SSSR count). The predicted molar refractivity (Wildman–Crippen MR) is 182 cm³/mol. The van der Waals surface area contributed by atoms with E-state index in [1.165, 1.54) is 0 Å². The van der Waals surface area contributed by atoms with E-state index in [0.717, 1.165) is 82.4 Å². The van der Waals surface area contributed by atoms with Crippen molar-refractivity contribution in [1.82, 2.24) is 20.3 Å². The maximum atomic E-state index is 5.38. The van der Waals surface area contributed by atoms with Crippen LogP contribution in [0.1, 0.15) is 11.4 Å². The highest BCUT2D eigenvalue weighted by molar-refractivity contribution is 5.90. The number of hydrogen-bond acceptors (Lipinski definition) is 10. The standard InChI is InChI=1S/2C16H17N3O2.2ClH.H2O/c2*1-19(10-8-12-5-3-4-9-17-12)16-14-7-6-13(20-2)11-15(14)21-18-16;;;/h2*3-7,9,11H,8,10H2,1-2H3;2*1H;1H2. The molecule has 2 N–H and O–H groups in total. The first-order valence-corrected chi connectivity index (χ1v) is 13.6. The van der Waals surface area contributed by atoms with Crippen LogP contribution in [0.15, 0.2) is 94.2 Å². The van der Waals surface area contributed by atoms with Gasteiger partial charge in [-0.25, -0.2) is 0 Å². The Labute approximate surface area is 274 Å². The summed E-state index contributed by atoms with van der Waals surface area (Å²) in [6.07, 6.45) is 5.35. The van der Waals surface area contributed by atoms with Gasteiger partial charge in [-0.15, -0.1) is 24.8 Å². The van der Waals surface area contributed by atoms with Crippen LogP contribution in [0.4, 0.5) is 11.6 Å². The molecule has 0 spiro atoms. The van der Waals surface area contributed by atoms with E-state index in [0.29, 0.717) is 0 Å². The fourth-order valence-electron chi connectivity index (χ4n) is 4.48. The molecule has 0 bridgehead atoms. The third kappa shape index (κ3) is 9.21. The number of pyridine rings is 2. The molecule has 4 heterocycles. The Morgan fingerprint density at radius 2 is 1.04 bits per heavy atom. The number of methoxy groups -OCH3 is 2. The van der Waals surface area contributed by atoms with Gasteiger partial charge in [0.1, 0.15) is 11.5 Å². The zero-order valence-corrected chi connectivity index (χ0v) is 27.2. The molecule has 0 atom stereocenters. The number of aromatic nitrogens is 4. The second kappa shape index (κ2) is 17.6. The highest BCUT2D eigenvalue weighted by atomic mass is 35.5. The van der Waals surface area contributed by atoms with Gasteiger partial charge in [0.25, 0.3) is 0 Å². The number of anilines is 2. The number of ether oxygens (including phenoxy) is 2. The summed E-state index contributed by atoms with van der Waals surface area (Å²) in [6.45, 7) is 1.65. The Morgan fingerprint density at radius 3 is 1.40 bits per heavy atom. The molecule has 0 unspecified atom stereocenters. The quantitative estimate of drug-likeness (QED) is 0.177. The topological polar surface area (TPSA) is 134 Å². The monoisotopic (exact) mass is 656 g/mol. The lowest BCUT2D eigenvalue weighted by atomic mass is 10.2. The van der Waals surface area contributed by atoms with Crippen molar-refractivity contribution in [2.24, 2.45) is 0 Å². The molecule has 45 heavy (non-hydrogen) atoms. The molecule has 0 amide bonds. The molecule has 0 fully saturated rings. The normalized spacial score (nSPS) is 10.0. The maximum absolute atomic E-state index is 5.38. The minimum atomic E-state index is 0. The van der Waals surface area contributed by atoms with E-state index in [4.69, 9.17) is 18.5 Å². The van der Waals surface area contributed by atoms with Gasteiger partial charge in [-0.2, -0.15) is 0 Å². The lowest BCUT2D eigenvalue weighted by Crippen LogP contribution is -2.21.